The van der Waals surface area contributed by atoms with Crippen LogP contribution in [0.4, 0.5) is 10.5 Å². The van der Waals surface area contributed by atoms with Crippen LogP contribution >= 0.6 is 11.8 Å². The topological polar surface area (TPSA) is 89.8 Å². The van der Waals surface area contributed by atoms with E-state index in [9.17, 15) is 19.7 Å². The van der Waals surface area contributed by atoms with Gasteiger partial charge in [0.05, 0.1) is 16.4 Å². The third-order valence-corrected chi connectivity index (χ3v) is 4.99. The van der Waals surface area contributed by atoms with Crippen LogP contribution in [0.15, 0.2) is 65.6 Å². The molecule has 1 heterocycles. The minimum absolute atomic E-state index is 0.0129. The molecule has 0 aromatic heterocycles. The van der Waals surface area contributed by atoms with E-state index in [0.29, 0.717) is 16.2 Å². The summed E-state index contributed by atoms with van der Waals surface area (Å²) in [6.07, 6.45) is 4.77. The van der Waals surface area contributed by atoms with Crippen LogP contribution in [0, 0.1) is 17.0 Å². The van der Waals surface area contributed by atoms with Crippen LogP contribution in [-0.4, -0.2) is 34.1 Å². The van der Waals surface area contributed by atoms with Crippen molar-refractivity contribution in [2.24, 2.45) is 0 Å². The smallest absolute Gasteiger partial charge is 0.293 e. The van der Waals surface area contributed by atoms with Crippen LogP contribution in [-0.2, 0) is 4.79 Å². The molecule has 8 heteroatoms. The molecule has 29 heavy (non-hydrogen) atoms. The molecule has 7 nitrogen and oxygen atoms in total. The van der Waals surface area contributed by atoms with Crippen molar-refractivity contribution < 1.29 is 19.2 Å². The van der Waals surface area contributed by atoms with E-state index in [0.717, 1.165) is 22.2 Å². The van der Waals surface area contributed by atoms with E-state index < -0.39 is 4.92 Å². The highest BCUT2D eigenvalue weighted by Gasteiger charge is 2.34. The van der Waals surface area contributed by atoms with Crippen molar-refractivity contribution in [3.05, 3.63) is 86.8 Å². The Balaban J connectivity index is 1.59. The molecule has 0 aliphatic carbocycles. The monoisotopic (exact) mass is 410 g/mol. The number of aryl methyl sites for hydroxylation is 1. The lowest BCUT2D eigenvalue weighted by atomic mass is 10.2. The maximum absolute atomic E-state index is 12.4. The van der Waals surface area contributed by atoms with Gasteiger partial charge in [-0.2, -0.15) is 0 Å². The van der Waals surface area contributed by atoms with E-state index in [1.54, 1.807) is 24.3 Å². The second kappa shape index (κ2) is 9.20. The first-order valence-corrected chi connectivity index (χ1v) is 9.61. The Hall–Kier alpha value is -3.39. The van der Waals surface area contributed by atoms with Crippen LogP contribution in [0.3, 0.4) is 0 Å². The summed E-state index contributed by atoms with van der Waals surface area (Å²) in [6, 6.07) is 13.7. The van der Waals surface area contributed by atoms with Gasteiger partial charge in [0.15, 0.2) is 0 Å². The number of imide groups is 1. The number of thioether (sulfide) groups is 1. The molecule has 0 radical (unpaired) electrons. The molecule has 0 saturated carbocycles. The molecular weight excluding hydrogens is 392 g/mol. The molecule has 0 N–H and O–H groups in total. The Morgan fingerprint density at radius 2 is 1.97 bits per heavy atom. The molecule has 1 aliphatic rings. The van der Waals surface area contributed by atoms with Crippen molar-refractivity contribution in [1.29, 1.82) is 0 Å². The number of nitro benzene ring substituents is 1. The van der Waals surface area contributed by atoms with Gasteiger partial charge in [-0.1, -0.05) is 36.4 Å². The summed E-state index contributed by atoms with van der Waals surface area (Å²) < 4.78 is 5.61. The fourth-order valence-electron chi connectivity index (χ4n) is 2.66. The molecule has 0 bridgehead atoms. The van der Waals surface area contributed by atoms with Gasteiger partial charge in [0, 0.05) is 12.1 Å². The molecule has 0 unspecified atom stereocenters. The lowest BCUT2D eigenvalue weighted by Gasteiger charge is -2.13. The number of hydrogen-bond acceptors (Lipinski definition) is 6. The van der Waals surface area contributed by atoms with Crippen molar-refractivity contribution >= 4 is 34.7 Å². The van der Waals surface area contributed by atoms with Crippen LogP contribution in [0.2, 0.25) is 0 Å². The van der Waals surface area contributed by atoms with Crippen LogP contribution in [0.1, 0.15) is 11.1 Å². The predicted octanol–water partition coefficient (Wildman–Crippen LogP) is 4.57. The van der Waals surface area contributed by atoms with Crippen LogP contribution in [0.25, 0.3) is 6.08 Å². The Bertz CT molecular complexity index is 1020. The molecule has 1 fully saturated rings. The largest absolute Gasteiger partial charge is 0.492 e. The summed E-state index contributed by atoms with van der Waals surface area (Å²) in [4.78, 5) is 36.3. The van der Waals surface area contributed by atoms with E-state index in [2.05, 4.69) is 0 Å². The maximum Gasteiger partial charge on any atom is 0.293 e. The number of carbonyl (C=O) groups excluding carboxylic acids is 2. The first-order valence-electron chi connectivity index (χ1n) is 8.80. The zero-order chi connectivity index (χ0) is 20.8. The molecule has 0 atom stereocenters. The number of nitrogens with zero attached hydrogens (tertiary/aromatic N) is 2. The normalized spacial score (nSPS) is 15.5. The Morgan fingerprint density at radius 1 is 1.17 bits per heavy atom. The lowest BCUT2D eigenvalue weighted by Crippen LogP contribution is -2.32. The molecule has 2 amide bonds. The molecule has 148 valence electrons. The summed E-state index contributed by atoms with van der Waals surface area (Å²) >= 11 is 0.857. The number of carbonyl (C=O) groups is 2. The second-order valence-corrected chi connectivity index (χ2v) is 7.23. The highest BCUT2D eigenvalue weighted by Crippen LogP contribution is 2.30. The molecule has 1 saturated heterocycles. The van der Waals surface area contributed by atoms with Gasteiger partial charge in [0.2, 0.25) is 0 Å². The number of nitro groups is 1. The van der Waals surface area contributed by atoms with Gasteiger partial charge in [-0.15, -0.1) is 0 Å². The number of amides is 2. The van der Waals surface area contributed by atoms with Gasteiger partial charge in [-0.25, -0.2) is 0 Å². The summed E-state index contributed by atoms with van der Waals surface area (Å²) in [7, 11) is 0. The Labute approximate surface area is 171 Å². The number of non-ortho nitro benzene ring substituents is 1. The third kappa shape index (κ3) is 5.32. The highest BCUT2D eigenvalue weighted by atomic mass is 32.2. The summed E-state index contributed by atoms with van der Waals surface area (Å²) in [5.74, 6) is 0.309. The van der Waals surface area contributed by atoms with Crippen molar-refractivity contribution in [3.8, 4) is 5.75 Å². The van der Waals surface area contributed by atoms with E-state index in [-0.39, 0.29) is 30.0 Å². The van der Waals surface area contributed by atoms with Crippen molar-refractivity contribution in [3.63, 3.8) is 0 Å². The first-order chi connectivity index (χ1) is 13.9. The van der Waals surface area contributed by atoms with E-state index in [1.165, 1.54) is 18.2 Å². The first kappa shape index (κ1) is 20.3. The molecular formula is C21H18N2O5S. The molecule has 2 aromatic carbocycles. The van der Waals surface area contributed by atoms with E-state index in [1.807, 2.05) is 31.2 Å². The van der Waals surface area contributed by atoms with Crippen molar-refractivity contribution in [1.82, 2.24) is 4.90 Å². The number of benzene rings is 2. The van der Waals surface area contributed by atoms with Gasteiger partial charge >= 0.3 is 0 Å². The second-order valence-electron chi connectivity index (χ2n) is 6.23. The highest BCUT2D eigenvalue weighted by molar-refractivity contribution is 8.18. The average molecular weight is 410 g/mol. The lowest BCUT2D eigenvalue weighted by molar-refractivity contribution is -0.384. The summed E-state index contributed by atoms with van der Waals surface area (Å²) in [6.45, 7) is 2.32. The number of hydrogen-bond donors (Lipinski definition) is 0. The zero-order valence-electron chi connectivity index (χ0n) is 15.6. The molecule has 0 spiro atoms. The minimum Gasteiger partial charge on any atom is -0.492 e. The Morgan fingerprint density at radius 3 is 2.72 bits per heavy atom. The van der Waals surface area contributed by atoms with Crippen LogP contribution in [0.5, 0.6) is 5.75 Å². The maximum atomic E-state index is 12.4. The average Bonchev–Trinajstić information content (AvgIpc) is 2.96. The van der Waals surface area contributed by atoms with E-state index >= 15 is 0 Å². The fraction of sp³-hybridized carbons (Fsp3) is 0.143. The summed E-state index contributed by atoms with van der Waals surface area (Å²) in [5, 5.41) is 10.5. The van der Waals surface area contributed by atoms with Gasteiger partial charge < -0.3 is 4.74 Å². The molecule has 3 rings (SSSR count). The van der Waals surface area contributed by atoms with Crippen LogP contribution < -0.4 is 4.74 Å². The summed E-state index contributed by atoms with van der Waals surface area (Å²) in [5.41, 5.74) is 1.68. The van der Waals surface area contributed by atoms with Gasteiger partial charge in [0.25, 0.3) is 16.8 Å². The van der Waals surface area contributed by atoms with Gasteiger partial charge in [-0.3, -0.25) is 24.6 Å². The predicted molar refractivity (Wildman–Crippen MR) is 112 cm³/mol. The SMILES string of the molecule is Cc1cccc(OCCN2C(=O)S/C(=C\C=C\c3cccc([N+](=O)[O-])c3)C2=O)c1. The van der Waals surface area contributed by atoms with Crippen molar-refractivity contribution in [2.45, 2.75) is 6.92 Å². The number of allylic oxidation sites excluding steroid dienone is 2. The van der Waals surface area contributed by atoms with E-state index in [4.69, 9.17) is 4.74 Å². The number of rotatable bonds is 7. The third-order valence-electron chi connectivity index (χ3n) is 4.06. The van der Waals surface area contributed by atoms with Crippen molar-refractivity contribution in [2.75, 3.05) is 13.2 Å². The fourth-order valence-corrected chi connectivity index (χ4v) is 3.47. The number of ether oxygens (including phenoxy) is 1. The zero-order valence-corrected chi connectivity index (χ0v) is 16.4. The standard InChI is InChI=1S/C21H18N2O5S/c1-15-5-2-9-18(13-15)28-12-11-22-20(24)19(29-21(22)25)10-4-7-16-6-3-8-17(14-16)23(26)27/h2-10,13-14H,11-12H2,1H3/b7-4+,19-10-. The quantitative estimate of drug-likeness (QED) is 0.377. The molecule has 1 aliphatic heterocycles. The Kier molecular flexibility index (Phi) is 6.46. The van der Waals surface area contributed by atoms with Gasteiger partial charge in [0.1, 0.15) is 12.4 Å². The molecule has 2 aromatic rings. The minimum atomic E-state index is -0.471. The van der Waals surface area contributed by atoms with Gasteiger partial charge in [-0.05, 0) is 48.0 Å².